The fourth-order valence-corrected chi connectivity index (χ4v) is 0.292. The number of hydrogen-bond donors (Lipinski definition) is 1. The highest BCUT2D eigenvalue weighted by Gasteiger charge is 2.08. The fourth-order valence-electron chi connectivity index (χ4n) is 0.292. The molecule has 0 fully saturated rings. The van der Waals surface area contributed by atoms with Crippen molar-refractivity contribution in [3.05, 3.63) is 0 Å². The second kappa shape index (κ2) is 3.45. The van der Waals surface area contributed by atoms with Gasteiger partial charge in [-0.05, 0) is 5.41 Å². The molecular weight excluding hydrogens is 118 g/mol. The summed E-state index contributed by atoms with van der Waals surface area (Å²) in [7, 11) is 0. The molecule has 0 aliphatic carbocycles. The van der Waals surface area contributed by atoms with E-state index >= 15 is 0 Å². The quantitative estimate of drug-likeness (QED) is 0.348. The van der Waals surface area contributed by atoms with Gasteiger partial charge in [0, 0.05) is 6.54 Å². The molecule has 3 heteroatoms. The number of rotatable bonds is 3. The maximum absolute atomic E-state index is 9.61. The van der Waals surface area contributed by atoms with Crippen LogP contribution in [-0.2, 0) is 9.63 Å². The van der Waals surface area contributed by atoms with Gasteiger partial charge in [-0.3, -0.25) is 4.79 Å². The molecule has 0 aromatic heterocycles. The summed E-state index contributed by atoms with van der Waals surface area (Å²) in [6.45, 7) is 7.20. The lowest BCUT2D eigenvalue weighted by atomic mass is 9.98. The molecule has 0 spiro atoms. The molecule has 0 aromatic rings. The minimum absolute atomic E-state index is 0.156. The first-order chi connectivity index (χ1) is 4.06. The minimum Gasteiger partial charge on any atom is -0.374 e. The maximum Gasteiger partial charge on any atom is 0.312 e. The maximum atomic E-state index is 9.61. The van der Waals surface area contributed by atoms with Crippen LogP contribution in [-0.4, -0.2) is 13.0 Å². The molecule has 0 aromatic carbocycles. The van der Waals surface area contributed by atoms with Gasteiger partial charge in [-0.15, -0.1) is 0 Å². The Morgan fingerprint density at radius 1 is 1.56 bits per heavy atom. The smallest absolute Gasteiger partial charge is 0.312 e. The van der Waals surface area contributed by atoms with Crippen LogP contribution in [0.25, 0.3) is 0 Å². The highest BCUT2D eigenvalue weighted by Crippen LogP contribution is 2.09. The molecule has 0 saturated carbocycles. The summed E-state index contributed by atoms with van der Waals surface area (Å²) in [6.07, 6.45) is 0. The van der Waals surface area contributed by atoms with Gasteiger partial charge in [0.25, 0.3) is 0 Å². The van der Waals surface area contributed by atoms with Crippen molar-refractivity contribution in [3.63, 3.8) is 0 Å². The zero-order valence-electron chi connectivity index (χ0n) is 6.10. The first kappa shape index (κ1) is 8.43. The lowest BCUT2D eigenvalue weighted by molar-refractivity contribution is -0.136. The van der Waals surface area contributed by atoms with Gasteiger partial charge in [-0.2, -0.15) is 5.48 Å². The van der Waals surface area contributed by atoms with Crippen LogP contribution in [0, 0.1) is 5.41 Å². The van der Waals surface area contributed by atoms with E-state index < -0.39 is 0 Å². The molecule has 54 valence electrons. The van der Waals surface area contributed by atoms with Gasteiger partial charge in [-0.25, -0.2) is 0 Å². The molecule has 0 atom stereocenters. The van der Waals surface area contributed by atoms with Gasteiger partial charge >= 0.3 is 6.47 Å². The first-order valence-corrected chi connectivity index (χ1v) is 2.88. The number of nitrogens with one attached hydrogen (secondary N) is 1. The summed E-state index contributed by atoms with van der Waals surface area (Å²) in [5.41, 5.74) is 2.66. The lowest BCUT2D eigenvalue weighted by Crippen LogP contribution is -2.26. The van der Waals surface area contributed by atoms with E-state index in [0.29, 0.717) is 13.0 Å². The van der Waals surface area contributed by atoms with Crippen LogP contribution in [0.5, 0.6) is 0 Å². The predicted molar refractivity (Wildman–Crippen MR) is 34.6 cm³/mol. The van der Waals surface area contributed by atoms with Crippen LogP contribution in [0.1, 0.15) is 20.8 Å². The van der Waals surface area contributed by atoms with E-state index in [0.717, 1.165) is 0 Å². The van der Waals surface area contributed by atoms with E-state index in [1.54, 1.807) is 0 Å². The Morgan fingerprint density at radius 3 is 2.44 bits per heavy atom. The van der Waals surface area contributed by atoms with E-state index in [9.17, 15) is 4.79 Å². The van der Waals surface area contributed by atoms with E-state index in [4.69, 9.17) is 0 Å². The third-order valence-corrected chi connectivity index (χ3v) is 0.734. The summed E-state index contributed by atoms with van der Waals surface area (Å²) in [5, 5.41) is 0. The van der Waals surface area contributed by atoms with Gasteiger partial charge < -0.3 is 4.84 Å². The third kappa shape index (κ3) is 7.43. The van der Waals surface area contributed by atoms with Gasteiger partial charge in [0.05, 0.1) is 0 Å². The molecule has 0 heterocycles. The average molecular weight is 131 g/mol. The van der Waals surface area contributed by atoms with Crippen LogP contribution in [0.15, 0.2) is 0 Å². The van der Waals surface area contributed by atoms with Crippen molar-refractivity contribution >= 4 is 6.47 Å². The molecule has 0 aliphatic rings. The Labute approximate surface area is 55.3 Å². The third-order valence-electron chi connectivity index (χ3n) is 0.734. The molecule has 9 heavy (non-hydrogen) atoms. The number of hydrogen-bond acceptors (Lipinski definition) is 3. The summed E-state index contributed by atoms with van der Waals surface area (Å²) in [6, 6.07) is 0. The highest BCUT2D eigenvalue weighted by atomic mass is 16.7. The zero-order valence-corrected chi connectivity index (χ0v) is 6.10. The van der Waals surface area contributed by atoms with E-state index in [-0.39, 0.29) is 5.41 Å². The topological polar surface area (TPSA) is 38.3 Å². The van der Waals surface area contributed by atoms with Gasteiger partial charge in [0.2, 0.25) is 0 Å². The zero-order chi connectivity index (χ0) is 7.33. The molecule has 0 unspecified atom stereocenters. The van der Waals surface area contributed by atoms with Crippen molar-refractivity contribution in [1.82, 2.24) is 5.48 Å². The summed E-state index contributed by atoms with van der Waals surface area (Å²) < 4.78 is 0. The SMILES string of the molecule is CC(C)(C)CNOC=O. The number of carbonyl (C=O) groups excluding carboxylic acids is 1. The Kier molecular flexibility index (Phi) is 3.24. The van der Waals surface area contributed by atoms with Crippen molar-refractivity contribution < 1.29 is 9.63 Å². The van der Waals surface area contributed by atoms with Crippen molar-refractivity contribution in [1.29, 1.82) is 0 Å². The molecular formula is C6H13NO2. The van der Waals surface area contributed by atoms with Gasteiger partial charge in [0.15, 0.2) is 0 Å². The van der Waals surface area contributed by atoms with Gasteiger partial charge in [0.1, 0.15) is 0 Å². The fraction of sp³-hybridized carbons (Fsp3) is 0.833. The largest absolute Gasteiger partial charge is 0.374 e. The number of hydroxylamine groups is 1. The van der Waals surface area contributed by atoms with Crippen LogP contribution >= 0.6 is 0 Å². The molecule has 0 aliphatic heterocycles. The van der Waals surface area contributed by atoms with E-state index in [1.165, 1.54) is 0 Å². The Bertz CT molecular complexity index is 85.5. The van der Waals surface area contributed by atoms with E-state index in [1.807, 2.05) is 20.8 Å². The molecule has 0 rings (SSSR count). The molecule has 0 radical (unpaired) electrons. The van der Waals surface area contributed by atoms with E-state index in [2.05, 4.69) is 10.3 Å². The van der Waals surface area contributed by atoms with Crippen LogP contribution in [0.4, 0.5) is 0 Å². The monoisotopic (exact) mass is 131 g/mol. The second-order valence-electron chi connectivity index (χ2n) is 3.10. The van der Waals surface area contributed by atoms with Crippen LogP contribution in [0.2, 0.25) is 0 Å². The predicted octanol–water partition coefficient (Wildman–Crippen LogP) is 0.710. The Morgan fingerprint density at radius 2 is 2.11 bits per heavy atom. The molecule has 3 nitrogen and oxygen atoms in total. The highest BCUT2D eigenvalue weighted by molar-refractivity contribution is 5.36. The van der Waals surface area contributed by atoms with Gasteiger partial charge in [-0.1, -0.05) is 20.8 Å². The second-order valence-corrected chi connectivity index (χ2v) is 3.10. The molecule has 0 amide bonds. The first-order valence-electron chi connectivity index (χ1n) is 2.88. The molecule has 0 bridgehead atoms. The summed E-state index contributed by atoms with van der Waals surface area (Å²) >= 11 is 0. The summed E-state index contributed by atoms with van der Waals surface area (Å²) in [5.74, 6) is 0. The number of carbonyl (C=O) groups is 1. The standard InChI is InChI=1S/C6H13NO2/c1-6(2,3)4-7-9-5-8/h5,7H,4H2,1-3H3. The van der Waals surface area contributed by atoms with Crippen molar-refractivity contribution in [3.8, 4) is 0 Å². The van der Waals surface area contributed by atoms with Crippen molar-refractivity contribution in [2.75, 3.05) is 6.54 Å². The molecule has 1 N–H and O–H groups in total. The lowest BCUT2D eigenvalue weighted by Gasteiger charge is -2.16. The summed E-state index contributed by atoms with van der Waals surface area (Å²) in [4.78, 5) is 13.9. The van der Waals surface area contributed by atoms with Crippen molar-refractivity contribution in [2.24, 2.45) is 5.41 Å². The van der Waals surface area contributed by atoms with Crippen molar-refractivity contribution in [2.45, 2.75) is 20.8 Å². The minimum atomic E-state index is 0.156. The Hall–Kier alpha value is -0.570. The van der Waals surface area contributed by atoms with Crippen LogP contribution < -0.4 is 5.48 Å². The normalized spacial score (nSPS) is 11.0. The average Bonchev–Trinajstić information content (AvgIpc) is 1.63. The Balaban J connectivity index is 3.17. The molecule has 0 saturated heterocycles. The van der Waals surface area contributed by atoms with Crippen LogP contribution in [0.3, 0.4) is 0 Å².